The van der Waals surface area contributed by atoms with Gasteiger partial charge in [0.15, 0.2) is 0 Å². The Kier molecular flexibility index (Phi) is 4.61. The Morgan fingerprint density at radius 3 is 3.00 bits per heavy atom. The van der Waals surface area contributed by atoms with Crippen LogP contribution in [0.5, 0.6) is 0 Å². The second-order valence-electron chi connectivity index (χ2n) is 4.27. The summed E-state index contributed by atoms with van der Waals surface area (Å²) in [5.41, 5.74) is 0.735. The molecule has 2 nitrogen and oxygen atoms in total. The second kappa shape index (κ2) is 6.21. The first-order valence-electron chi connectivity index (χ1n) is 6.24. The van der Waals surface area contributed by atoms with Crippen molar-refractivity contribution in [2.24, 2.45) is 0 Å². The van der Waals surface area contributed by atoms with E-state index in [4.69, 9.17) is 16.3 Å². The van der Waals surface area contributed by atoms with E-state index in [-0.39, 0.29) is 11.1 Å². The van der Waals surface area contributed by atoms with Crippen LogP contribution >= 0.6 is 11.6 Å². The van der Waals surface area contributed by atoms with Crippen LogP contribution in [0.4, 0.5) is 4.39 Å². The summed E-state index contributed by atoms with van der Waals surface area (Å²) in [5, 5.41) is 3.52. The molecule has 0 radical (unpaired) electrons. The molecule has 1 unspecified atom stereocenters. The molecule has 1 heterocycles. The summed E-state index contributed by atoms with van der Waals surface area (Å²) in [5.74, 6) is 0.451. The van der Waals surface area contributed by atoms with Gasteiger partial charge in [0.25, 0.3) is 0 Å². The Labute approximate surface area is 112 Å². The molecule has 0 amide bonds. The van der Waals surface area contributed by atoms with Gasteiger partial charge in [0, 0.05) is 6.42 Å². The minimum atomic E-state index is -0.393. The molecule has 1 atom stereocenters. The first-order valence-corrected chi connectivity index (χ1v) is 6.62. The van der Waals surface area contributed by atoms with Crippen molar-refractivity contribution >= 4 is 11.6 Å². The van der Waals surface area contributed by atoms with Crippen molar-refractivity contribution in [2.45, 2.75) is 25.8 Å². The van der Waals surface area contributed by atoms with E-state index >= 15 is 0 Å². The molecule has 0 saturated carbocycles. The first-order chi connectivity index (χ1) is 8.74. The largest absolute Gasteiger partial charge is 0.496 e. The highest BCUT2D eigenvalue weighted by atomic mass is 35.5. The topological polar surface area (TPSA) is 21.3 Å². The van der Waals surface area contributed by atoms with Gasteiger partial charge in [-0.2, -0.15) is 0 Å². The van der Waals surface area contributed by atoms with Crippen molar-refractivity contribution in [1.29, 1.82) is 0 Å². The number of rotatable bonds is 5. The van der Waals surface area contributed by atoms with Crippen molar-refractivity contribution < 1.29 is 9.13 Å². The minimum absolute atomic E-state index is 0.157. The molecular weight excluding hydrogens is 253 g/mol. The summed E-state index contributed by atoms with van der Waals surface area (Å²) < 4.78 is 19.1. The number of hydrogen-bond acceptors (Lipinski definition) is 2. The zero-order valence-electron chi connectivity index (χ0n) is 10.4. The smallest absolute Gasteiger partial charge is 0.142 e. The van der Waals surface area contributed by atoms with Gasteiger partial charge in [0.2, 0.25) is 0 Å². The number of hydrogen-bond donors (Lipinski definition) is 1. The predicted octanol–water partition coefficient (Wildman–Crippen LogP) is 3.82. The zero-order valence-corrected chi connectivity index (χ0v) is 11.1. The van der Waals surface area contributed by atoms with E-state index in [1.165, 1.54) is 6.07 Å². The lowest BCUT2D eigenvalue weighted by atomic mass is 10.0. The quantitative estimate of drug-likeness (QED) is 0.877. The Morgan fingerprint density at radius 2 is 2.33 bits per heavy atom. The lowest BCUT2D eigenvalue weighted by molar-refractivity contribution is 0.215. The van der Waals surface area contributed by atoms with Crippen LogP contribution < -0.4 is 5.32 Å². The van der Waals surface area contributed by atoms with Crippen LogP contribution in [0, 0.1) is 5.82 Å². The van der Waals surface area contributed by atoms with E-state index in [0.29, 0.717) is 6.61 Å². The summed E-state index contributed by atoms with van der Waals surface area (Å²) in [6, 6.07) is 4.72. The number of benzene rings is 1. The molecule has 1 aliphatic heterocycles. The SMILES string of the molecule is CCCNC(C1=CCCO1)c1cccc(F)c1Cl. The molecule has 0 aromatic heterocycles. The maximum Gasteiger partial charge on any atom is 0.142 e. The van der Waals surface area contributed by atoms with E-state index < -0.39 is 5.82 Å². The molecule has 0 saturated heterocycles. The van der Waals surface area contributed by atoms with E-state index in [1.807, 2.05) is 12.1 Å². The molecule has 98 valence electrons. The van der Waals surface area contributed by atoms with Crippen LogP contribution in [0.15, 0.2) is 30.0 Å². The Bertz CT molecular complexity index is 447. The fourth-order valence-corrected chi connectivity index (χ4v) is 2.27. The molecule has 0 bridgehead atoms. The average molecular weight is 270 g/mol. The van der Waals surface area contributed by atoms with Gasteiger partial charge in [-0.25, -0.2) is 4.39 Å². The van der Waals surface area contributed by atoms with E-state index in [1.54, 1.807) is 6.07 Å². The summed E-state index contributed by atoms with van der Waals surface area (Å²) >= 11 is 6.05. The molecule has 1 aliphatic rings. The number of ether oxygens (including phenoxy) is 1. The molecule has 2 rings (SSSR count). The fourth-order valence-electron chi connectivity index (χ4n) is 2.03. The highest BCUT2D eigenvalue weighted by Gasteiger charge is 2.23. The van der Waals surface area contributed by atoms with Gasteiger partial charge in [-0.05, 0) is 30.7 Å². The normalized spacial score (nSPS) is 16.3. The van der Waals surface area contributed by atoms with E-state index in [9.17, 15) is 4.39 Å². The standard InChI is InChI=1S/C14H17ClFNO/c1-2-8-17-14(12-7-4-9-18-12)10-5-3-6-11(16)13(10)15/h3,5-7,14,17H,2,4,8-9H2,1H3. The van der Waals surface area contributed by atoms with Crippen molar-refractivity contribution in [3.8, 4) is 0 Å². The maximum absolute atomic E-state index is 13.5. The monoisotopic (exact) mass is 269 g/mol. The maximum atomic E-state index is 13.5. The summed E-state index contributed by atoms with van der Waals surface area (Å²) in [4.78, 5) is 0. The molecule has 18 heavy (non-hydrogen) atoms. The Balaban J connectivity index is 2.30. The van der Waals surface area contributed by atoms with Crippen LogP contribution in [-0.2, 0) is 4.74 Å². The van der Waals surface area contributed by atoms with Crippen LogP contribution in [0.25, 0.3) is 0 Å². The molecule has 0 aliphatic carbocycles. The first kappa shape index (κ1) is 13.4. The zero-order chi connectivity index (χ0) is 13.0. The second-order valence-corrected chi connectivity index (χ2v) is 4.65. The van der Waals surface area contributed by atoms with Gasteiger partial charge in [0.05, 0.1) is 17.7 Å². The Hall–Kier alpha value is -1.06. The molecule has 4 heteroatoms. The number of nitrogens with one attached hydrogen (secondary N) is 1. The predicted molar refractivity (Wildman–Crippen MR) is 71.1 cm³/mol. The third-order valence-electron chi connectivity index (χ3n) is 2.91. The molecule has 0 spiro atoms. The number of halogens is 2. The van der Waals surface area contributed by atoms with Crippen molar-refractivity contribution in [2.75, 3.05) is 13.2 Å². The summed E-state index contributed by atoms with van der Waals surface area (Å²) in [7, 11) is 0. The molecule has 0 fully saturated rings. The lowest BCUT2D eigenvalue weighted by Crippen LogP contribution is -2.24. The van der Waals surface area contributed by atoms with Crippen molar-refractivity contribution in [1.82, 2.24) is 5.32 Å². The average Bonchev–Trinajstić information content (AvgIpc) is 2.88. The van der Waals surface area contributed by atoms with E-state index in [0.717, 1.165) is 30.7 Å². The van der Waals surface area contributed by atoms with Crippen molar-refractivity contribution in [3.63, 3.8) is 0 Å². The molecule has 1 aromatic carbocycles. The van der Waals surface area contributed by atoms with Crippen LogP contribution in [-0.4, -0.2) is 13.2 Å². The third-order valence-corrected chi connectivity index (χ3v) is 3.31. The van der Waals surface area contributed by atoms with Gasteiger partial charge >= 0.3 is 0 Å². The molecule has 1 N–H and O–H groups in total. The van der Waals surface area contributed by atoms with Gasteiger partial charge in [0.1, 0.15) is 11.6 Å². The fraction of sp³-hybridized carbons (Fsp3) is 0.429. The highest BCUT2D eigenvalue weighted by Crippen LogP contribution is 2.32. The van der Waals surface area contributed by atoms with Gasteiger partial charge in [-0.1, -0.05) is 30.7 Å². The summed E-state index contributed by atoms with van der Waals surface area (Å²) in [6.45, 7) is 3.60. The molecule has 1 aromatic rings. The van der Waals surface area contributed by atoms with Gasteiger partial charge in [-0.15, -0.1) is 0 Å². The summed E-state index contributed by atoms with van der Waals surface area (Å²) in [6.07, 6.45) is 3.93. The van der Waals surface area contributed by atoms with Gasteiger partial charge in [-0.3, -0.25) is 0 Å². The van der Waals surface area contributed by atoms with Crippen molar-refractivity contribution in [3.05, 3.63) is 46.4 Å². The Morgan fingerprint density at radius 1 is 1.50 bits per heavy atom. The van der Waals surface area contributed by atoms with E-state index in [2.05, 4.69) is 12.2 Å². The van der Waals surface area contributed by atoms with Crippen LogP contribution in [0.3, 0.4) is 0 Å². The van der Waals surface area contributed by atoms with Crippen LogP contribution in [0.1, 0.15) is 31.4 Å². The lowest BCUT2D eigenvalue weighted by Gasteiger charge is -2.21. The molecular formula is C14H17ClFNO. The minimum Gasteiger partial charge on any atom is -0.496 e. The van der Waals surface area contributed by atoms with Crippen LogP contribution in [0.2, 0.25) is 5.02 Å². The highest BCUT2D eigenvalue weighted by molar-refractivity contribution is 6.31. The third kappa shape index (κ3) is 2.85. The van der Waals surface area contributed by atoms with Gasteiger partial charge < -0.3 is 10.1 Å².